The van der Waals surface area contributed by atoms with Gasteiger partial charge in [0, 0.05) is 11.6 Å². The van der Waals surface area contributed by atoms with Crippen LogP contribution in [0.25, 0.3) is 55.6 Å². The van der Waals surface area contributed by atoms with E-state index in [4.69, 9.17) is 14.4 Å². The molecule has 0 N–H and O–H groups in total. The number of rotatable bonds is 4. The van der Waals surface area contributed by atoms with Gasteiger partial charge in [-0.3, -0.25) is 14.0 Å². The van der Waals surface area contributed by atoms with Crippen molar-refractivity contribution in [2.75, 3.05) is 0 Å². The van der Waals surface area contributed by atoms with Crippen LogP contribution in [0.3, 0.4) is 0 Å². The monoisotopic (exact) mass is 555 g/mol. The number of para-hydroxylation sites is 4. The van der Waals surface area contributed by atoms with E-state index in [-0.39, 0.29) is 0 Å². The van der Waals surface area contributed by atoms with E-state index in [2.05, 4.69) is 130 Å². The number of furan rings is 1. The summed E-state index contributed by atoms with van der Waals surface area (Å²) in [6.07, 6.45) is 1.88. The number of hydrogen-bond donors (Lipinski definition) is 0. The molecule has 0 spiro atoms. The van der Waals surface area contributed by atoms with E-state index in [1.165, 1.54) is 15.6 Å². The summed E-state index contributed by atoms with van der Waals surface area (Å²) >= 11 is 0. The lowest BCUT2D eigenvalue weighted by Gasteiger charge is -2.16. The quantitative estimate of drug-likeness (QED) is 0.191. The normalized spacial score (nSPS) is 12.0. The van der Waals surface area contributed by atoms with Crippen LogP contribution in [0.4, 0.5) is 0 Å². The molecule has 0 unspecified atom stereocenters. The Morgan fingerprint density at radius 1 is 0.595 bits per heavy atom. The Balaban J connectivity index is 1.30. The second-order valence-corrected chi connectivity index (χ2v) is 13.0. The number of pyridine rings is 1. The van der Waals surface area contributed by atoms with E-state index < -0.39 is 8.80 Å². The zero-order valence-corrected chi connectivity index (χ0v) is 23.5. The van der Waals surface area contributed by atoms with E-state index in [1.807, 2.05) is 18.3 Å². The van der Waals surface area contributed by atoms with Crippen molar-refractivity contribution in [3.8, 4) is 5.69 Å². The van der Waals surface area contributed by atoms with Gasteiger partial charge in [0.15, 0.2) is 14.4 Å². The summed E-state index contributed by atoms with van der Waals surface area (Å²) in [6, 6.07) is 47.0. The van der Waals surface area contributed by atoms with Crippen LogP contribution in [0.1, 0.15) is 0 Å². The van der Waals surface area contributed by atoms with Crippen molar-refractivity contribution in [1.82, 2.24) is 18.9 Å². The van der Waals surface area contributed by atoms with E-state index in [0.29, 0.717) is 0 Å². The first-order valence-electron chi connectivity index (χ1n) is 14.0. The topological polar surface area (TPSA) is 48.3 Å². The lowest BCUT2D eigenvalue weighted by Crippen LogP contribution is -2.51. The molecule has 0 amide bonds. The minimum atomic E-state index is -1.23. The van der Waals surface area contributed by atoms with Crippen molar-refractivity contribution in [2.24, 2.45) is 0 Å². The summed E-state index contributed by atoms with van der Waals surface area (Å²) in [4.78, 5) is 9.93. The third-order valence-electron chi connectivity index (χ3n) is 8.09. The first-order valence-corrected chi connectivity index (χ1v) is 15.5. The van der Waals surface area contributed by atoms with E-state index in [1.54, 1.807) is 0 Å². The zero-order chi connectivity index (χ0) is 27.6. The SMILES string of the molecule is c1ccc([Si](c2ccccc2)c2ccc3oc4c(-n5c6ccccc6n6c7ccccc7nc56)ccnc4c3c2)cc1. The molecule has 4 aromatic heterocycles. The second kappa shape index (κ2) is 9.02. The highest BCUT2D eigenvalue weighted by Crippen LogP contribution is 2.35. The molecule has 6 heteroatoms. The number of nitrogens with zero attached hydrogens (tertiary/aromatic N) is 4. The van der Waals surface area contributed by atoms with E-state index in [9.17, 15) is 0 Å². The summed E-state index contributed by atoms with van der Waals surface area (Å²) in [7, 11) is -1.23. The molecule has 0 bridgehead atoms. The molecule has 9 rings (SSSR count). The molecule has 0 atom stereocenters. The van der Waals surface area contributed by atoms with Gasteiger partial charge >= 0.3 is 0 Å². The zero-order valence-electron chi connectivity index (χ0n) is 22.5. The van der Waals surface area contributed by atoms with Crippen molar-refractivity contribution in [3.63, 3.8) is 0 Å². The van der Waals surface area contributed by atoms with Crippen molar-refractivity contribution >= 4 is 74.3 Å². The molecule has 0 aliphatic carbocycles. The number of hydrogen-bond acceptors (Lipinski definition) is 3. The number of fused-ring (bicyclic) bond motifs is 8. The molecule has 9 aromatic rings. The lowest BCUT2D eigenvalue weighted by atomic mass is 10.2. The summed E-state index contributed by atoms with van der Waals surface area (Å²) < 4.78 is 11.0. The minimum Gasteiger partial charge on any atom is -0.452 e. The van der Waals surface area contributed by atoms with Gasteiger partial charge in [0.1, 0.15) is 11.1 Å². The van der Waals surface area contributed by atoms with Crippen molar-refractivity contribution in [3.05, 3.63) is 140 Å². The molecule has 0 aliphatic heterocycles. The van der Waals surface area contributed by atoms with Gasteiger partial charge in [0.2, 0.25) is 5.78 Å². The minimum absolute atomic E-state index is 0.758. The fourth-order valence-electron chi connectivity index (χ4n) is 6.27. The summed E-state index contributed by atoms with van der Waals surface area (Å²) in [6.45, 7) is 0. The predicted octanol–water partition coefficient (Wildman–Crippen LogP) is 6.24. The molecule has 0 fully saturated rings. The summed E-state index contributed by atoms with van der Waals surface area (Å²) in [5, 5.41) is 5.02. The van der Waals surface area contributed by atoms with Gasteiger partial charge in [0.05, 0.1) is 27.8 Å². The number of aromatic nitrogens is 4. The van der Waals surface area contributed by atoms with Crippen molar-refractivity contribution in [2.45, 2.75) is 0 Å². The highest BCUT2D eigenvalue weighted by Gasteiger charge is 2.23. The third kappa shape index (κ3) is 3.36. The number of imidazole rings is 2. The van der Waals surface area contributed by atoms with E-state index >= 15 is 0 Å². The Bertz CT molecular complexity index is 2380. The maximum absolute atomic E-state index is 6.62. The second-order valence-electron chi connectivity index (χ2n) is 10.5. The van der Waals surface area contributed by atoms with Crippen LogP contribution in [0, 0.1) is 0 Å². The summed E-state index contributed by atoms with van der Waals surface area (Å²) in [5.74, 6) is 0.852. The maximum atomic E-state index is 6.62. The Morgan fingerprint density at radius 2 is 1.26 bits per heavy atom. The smallest absolute Gasteiger partial charge is 0.220 e. The van der Waals surface area contributed by atoms with Crippen LogP contribution < -0.4 is 15.6 Å². The fraction of sp³-hybridized carbons (Fsp3) is 0. The molecule has 1 radical (unpaired) electrons. The van der Waals surface area contributed by atoms with Gasteiger partial charge in [-0.25, -0.2) is 4.98 Å². The van der Waals surface area contributed by atoms with E-state index in [0.717, 1.165) is 55.6 Å². The molecule has 0 saturated carbocycles. The molecule has 5 aromatic carbocycles. The van der Waals surface area contributed by atoms with Gasteiger partial charge < -0.3 is 4.42 Å². The Kier molecular flexibility index (Phi) is 5.00. The Labute approximate surface area is 242 Å². The molecule has 0 aliphatic rings. The van der Waals surface area contributed by atoms with Crippen molar-refractivity contribution in [1.29, 1.82) is 0 Å². The van der Waals surface area contributed by atoms with Crippen LogP contribution in [0.5, 0.6) is 0 Å². The Morgan fingerprint density at radius 3 is 2.02 bits per heavy atom. The van der Waals surface area contributed by atoms with Crippen LogP contribution in [-0.4, -0.2) is 27.7 Å². The third-order valence-corrected chi connectivity index (χ3v) is 10.8. The van der Waals surface area contributed by atoms with Gasteiger partial charge in [-0.05, 0) is 47.7 Å². The molecule has 5 nitrogen and oxygen atoms in total. The molecule has 0 saturated heterocycles. The highest BCUT2D eigenvalue weighted by atomic mass is 28.3. The van der Waals surface area contributed by atoms with Gasteiger partial charge in [0.25, 0.3) is 0 Å². The van der Waals surface area contributed by atoms with Gasteiger partial charge in [-0.2, -0.15) is 0 Å². The summed E-state index contributed by atoms with van der Waals surface area (Å²) in [5.41, 5.74) is 7.59. The molecular formula is C36H23N4OSi. The lowest BCUT2D eigenvalue weighted by molar-refractivity contribution is 0.665. The Hall–Kier alpha value is -5.46. The van der Waals surface area contributed by atoms with Gasteiger partial charge in [-0.15, -0.1) is 0 Å². The van der Waals surface area contributed by atoms with Crippen molar-refractivity contribution < 1.29 is 4.42 Å². The average Bonchev–Trinajstić information content (AvgIpc) is 3.71. The predicted molar refractivity (Wildman–Crippen MR) is 172 cm³/mol. The standard InChI is InChI=1S/C36H23N4OSi/c1-3-11-24(12-4-1)42(25-13-5-2-6-14-25)26-19-20-33-27(23-26)34-35(41-33)32(21-22-37-34)40-31-18-10-9-17-30(31)39-29-16-8-7-15-28(29)38-36(39)40/h1-23H. The molecule has 42 heavy (non-hydrogen) atoms. The van der Waals surface area contributed by atoms with Gasteiger partial charge in [-0.1, -0.05) is 101 Å². The number of benzene rings is 5. The molecule has 197 valence electrons. The maximum Gasteiger partial charge on any atom is 0.220 e. The fourth-order valence-corrected chi connectivity index (χ4v) is 8.86. The average molecular weight is 556 g/mol. The molecular weight excluding hydrogens is 533 g/mol. The van der Waals surface area contributed by atoms with Crippen LogP contribution in [-0.2, 0) is 0 Å². The van der Waals surface area contributed by atoms with Crippen LogP contribution in [0.2, 0.25) is 0 Å². The highest BCUT2D eigenvalue weighted by molar-refractivity contribution is 6.95. The van der Waals surface area contributed by atoms with Crippen LogP contribution >= 0.6 is 0 Å². The largest absolute Gasteiger partial charge is 0.452 e. The first kappa shape index (κ1) is 23.3. The first-order chi connectivity index (χ1) is 20.8. The molecule has 4 heterocycles. The van der Waals surface area contributed by atoms with Crippen LogP contribution in [0.15, 0.2) is 144 Å².